The number of nitrogens with two attached hydrogens (primary N) is 1. The Bertz CT molecular complexity index is 652. The van der Waals surface area contributed by atoms with E-state index in [1.807, 2.05) is 0 Å². The summed E-state index contributed by atoms with van der Waals surface area (Å²) in [5, 5.41) is 2.81. The first-order chi connectivity index (χ1) is 11.3. The molecule has 1 atom stereocenters. The van der Waals surface area contributed by atoms with Crippen molar-refractivity contribution in [2.45, 2.75) is 30.3 Å². The van der Waals surface area contributed by atoms with Crippen LogP contribution in [0.5, 0.6) is 0 Å². The zero-order valence-electron chi connectivity index (χ0n) is 14.1. The molecule has 3 N–H and O–H groups in total. The van der Waals surface area contributed by atoms with E-state index in [1.54, 1.807) is 12.1 Å². The molecule has 0 aliphatic carbocycles. The quantitative estimate of drug-likeness (QED) is 0.764. The highest BCUT2D eigenvalue weighted by Crippen LogP contribution is 2.18. The third-order valence-electron chi connectivity index (χ3n) is 4.25. The van der Waals surface area contributed by atoms with Crippen molar-refractivity contribution in [3.8, 4) is 0 Å². The highest BCUT2D eigenvalue weighted by Gasteiger charge is 2.26. The number of nitrogens with zero attached hydrogens (tertiary/aromatic N) is 1. The molecule has 0 bridgehead atoms. The van der Waals surface area contributed by atoms with Crippen LogP contribution < -0.4 is 11.1 Å². The lowest BCUT2D eigenvalue weighted by molar-refractivity contribution is -0.124. The molecule has 0 saturated carbocycles. The van der Waals surface area contributed by atoms with E-state index in [0.717, 1.165) is 22.7 Å². The number of ether oxygens (including phenoxy) is 1. The summed E-state index contributed by atoms with van der Waals surface area (Å²) in [5.74, 6) is -0.0433. The number of carbonyl (C=O) groups is 1. The lowest BCUT2D eigenvalue weighted by Gasteiger charge is -2.26. The van der Waals surface area contributed by atoms with Crippen molar-refractivity contribution in [2.75, 3.05) is 27.3 Å². The van der Waals surface area contributed by atoms with Gasteiger partial charge in [0, 0.05) is 33.9 Å². The molecule has 0 aromatic heterocycles. The molecule has 1 amide bonds. The van der Waals surface area contributed by atoms with Gasteiger partial charge in [-0.25, -0.2) is 12.7 Å². The lowest BCUT2D eigenvalue weighted by Crippen LogP contribution is -2.46. The molecule has 1 aromatic carbocycles. The summed E-state index contributed by atoms with van der Waals surface area (Å²) in [6, 6.07) is 5.92. The number of carbonyl (C=O) groups excluding carboxylic acids is 1. The molecular formula is C16H25N3O4S. The minimum atomic E-state index is -3.44. The van der Waals surface area contributed by atoms with Gasteiger partial charge in [-0.15, -0.1) is 0 Å². The third-order valence-corrected chi connectivity index (χ3v) is 6.07. The molecule has 2 rings (SSSR count). The van der Waals surface area contributed by atoms with Crippen LogP contribution in [0.3, 0.4) is 0 Å². The van der Waals surface area contributed by atoms with Crippen molar-refractivity contribution in [3.05, 3.63) is 29.8 Å². The predicted octanol–water partition coefficient (Wildman–Crippen LogP) is 0.307. The number of sulfonamides is 1. The van der Waals surface area contributed by atoms with Gasteiger partial charge in [-0.3, -0.25) is 4.79 Å². The number of hydrogen-bond donors (Lipinski definition) is 2. The van der Waals surface area contributed by atoms with E-state index in [0.29, 0.717) is 19.8 Å². The van der Waals surface area contributed by atoms with Crippen LogP contribution in [0.2, 0.25) is 0 Å². The van der Waals surface area contributed by atoms with Gasteiger partial charge in [0.05, 0.1) is 10.9 Å². The first kappa shape index (κ1) is 18.9. The largest absolute Gasteiger partial charge is 0.381 e. The third kappa shape index (κ3) is 4.54. The molecule has 1 aromatic rings. The molecule has 1 aliphatic rings. The van der Waals surface area contributed by atoms with Gasteiger partial charge >= 0.3 is 0 Å². The smallest absolute Gasteiger partial charge is 0.242 e. The minimum Gasteiger partial charge on any atom is -0.381 e. The van der Waals surface area contributed by atoms with Crippen molar-refractivity contribution < 1.29 is 17.9 Å². The molecule has 1 heterocycles. The summed E-state index contributed by atoms with van der Waals surface area (Å²) >= 11 is 0. The maximum atomic E-state index is 12.2. The second-order valence-corrected chi connectivity index (χ2v) is 8.28. The highest BCUT2D eigenvalue weighted by atomic mass is 32.2. The fraction of sp³-hybridized carbons (Fsp3) is 0.562. The first-order valence-electron chi connectivity index (χ1n) is 7.95. The lowest BCUT2D eigenvalue weighted by atomic mass is 9.92. The van der Waals surface area contributed by atoms with Crippen LogP contribution in [-0.2, 0) is 26.1 Å². The monoisotopic (exact) mass is 355 g/mol. The fourth-order valence-electron chi connectivity index (χ4n) is 2.59. The number of amides is 1. The molecule has 1 fully saturated rings. The van der Waals surface area contributed by atoms with E-state index >= 15 is 0 Å². The topological polar surface area (TPSA) is 102 Å². The Morgan fingerprint density at radius 3 is 2.42 bits per heavy atom. The van der Waals surface area contributed by atoms with Crippen molar-refractivity contribution in [1.82, 2.24) is 9.62 Å². The van der Waals surface area contributed by atoms with Crippen LogP contribution >= 0.6 is 0 Å². The van der Waals surface area contributed by atoms with Crippen LogP contribution in [0.25, 0.3) is 0 Å². The van der Waals surface area contributed by atoms with Crippen LogP contribution in [0.4, 0.5) is 0 Å². The Kier molecular flexibility index (Phi) is 6.34. The average Bonchev–Trinajstić information content (AvgIpc) is 2.60. The maximum Gasteiger partial charge on any atom is 0.242 e. The van der Waals surface area contributed by atoms with Gasteiger partial charge in [0.2, 0.25) is 15.9 Å². The predicted molar refractivity (Wildman–Crippen MR) is 90.7 cm³/mol. The van der Waals surface area contributed by atoms with Crippen molar-refractivity contribution in [1.29, 1.82) is 0 Å². The van der Waals surface area contributed by atoms with E-state index in [-0.39, 0.29) is 16.7 Å². The van der Waals surface area contributed by atoms with Crippen LogP contribution in [0, 0.1) is 5.92 Å². The van der Waals surface area contributed by atoms with Crippen molar-refractivity contribution in [2.24, 2.45) is 11.7 Å². The van der Waals surface area contributed by atoms with E-state index in [1.165, 1.54) is 26.2 Å². The highest BCUT2D eigenvalue weighted by molar-refractivity contribution is 7.89. The zero-order valence-corrected chi connectivity index (χ0v) is 14.9. The van der Waals surface area contributed by atoms with Gasteiger partial charge < -0.3 is 15.8 Å². The van der Waals surface area contributed by atoms with Gasteiger partial charge in [0.25, 0.3) is 0 Å². The SMILES string of the molecule is CN(C)S(=O)(=O)c1ccc(CNC(=O)C(N)C2CCOCC2)cc1. The average molecular weight is 355 g/mol. The van der Waals surface area contributed by atoms with Gasteiger partial charge in [-0.2, -0.15) is 0 Å². The molecule has 24 heavy (non-hydrogen) atoms. The zero-order chi connectivity index (χ0) is 17.7. The molecule has 7 nitrogen and oxygen atoms in total. The van der Waals surface area contributed by atoms with E-state index in [4.69, 9.17) is 10.5 Å². The maximum absolute atomic E-state index is 12.2. The normalized spacial score (nSPS) is 17.7. The molecule has 0 radical (unpaired) electrons. The van der Waals surface area contributed by atoms with Crippen molar-refractivity contribution >= 4 is 15.9 Å². The summed E-state index contributed by atoms with van der Waals surface area (Å²) in [4.78, 5) is 12.4. The second-order valence-electron chi connectivity index (χ2n) is 6.12. The first-order valence-corrected chi connectivity index (χ1v) is 9.39. The summed E-state index contributed by atoms with van der Waals surface area (Å²) in [6.07, 6.45) is 1.59. The second kappa shape index (κ2) is 8.06. The molecule has 0 spiro atoms. The molecule has 1 saturated heterocycles. The van der Waals surface area contributed by atoms with E-state index in [9.17, 15) is 13.2 Å². The van der Waals surface area contributed by atoms with Crippen LogP contribution in [0.1, 0.15) is 18.4 Å². The Hall–Kier alpha value is -1.48. The molecule has 8 heteroatoms. The summed E-state index contributed by atoms with van der Waals surface area (Å²) in [7, 11) is -0.464. The molecular weight excluding hydrogens is 330 g/mol. The molecule has 1 aliphatic heterocycles. The van der Waals surface area contributed by atoms with Gasteiger partial charge in [-0.05, 0) is 36.5 Å². The Morgan fingerprint density at radius 2 is 1.88 bits per heavy atom. The molecule has 134 valence electrons. The number of benzene rings is 1. The van der Waals surface area contributed by atoms with Crippen LogP contribution in [-0.4, -0.2) is 52.0 Å². The summed E-state index contributed by atoms with van der Waals surface area (Å²) in [5.41, 5.74) is 6.84. The van der Waals surface area contributed by atoms with E-state index in [2.05, 4.69) is 5.32 Å². The van der Waals surface area contributed by atoms with Gasteiger partial charge in [0.15, 0.2) is 0 Å². The number of rotatable bonds is 6. The van der Waals surface area contributed by atoms with Crippen LogP contribution in [0.15, 0.2) is 29.2 Å². The molecule has 1 unspecified atom stereocenters. The fourth-order valence-corrected chi connectivity index (χ4v) is 3.49. The Morgan fingerprint density at radius 1 is 1.29 bits per heavy atom. The summed E-state index contributed by atoms with van der Waals surface area (Å²) < 4.78 is 30.4. The summed E-state index contributed by atoms with van der Waals surface area (Å²) in [6.45, 7) is 1.61. The van der Waals surface area contributed by atoms with Crippen molar-refractivity contribution in [3.63, 3.8) is 0 Å². The minimum absolute atomic E-state index is 0.145. The number of nitrogens with one attached hydrogen (secondary N) is 1. The standard InChI is InChI=1S/C16H25N3O4S/c1-19(2)24(21,22)14-5-3-12(4-6-14)11-18-16(20)15(17)13-7-9-23-10-8-13/h3-6,13,15H,7-11,17H2,1-2H3,(H,18,20). The van der Waals surface area contributed by atoms with Gasteiger partial charge in [-0.1, -0.05) is 12.1 Å². The Balaban J connectivity index is 1.91. The number of hydrogen-bond acceptors (Lipinski definition) is 5. The van der Waals surface area contributed by atoms with Gasteiger partial charge in [0.1, 0.15) is 0 Å². The Labute approximate surface area is 143 Å². The van der Waals surface area contributed by atoms with E-state index < -0.39 is 16.1 Å².